The van der Waals surface area contributed by atoms with Gasteiger partial charge in [0.25, 0.3) is 0 Å². The third-order valence-electron chi connectivity index (χ3n) is 3.14. The summed E-state index contributed by atoms with van der Waals surface area (Å²) in [5, 5.41) is 0. The zero-order valence-electron chi connectivity index (χ0n) is 10.6. The summed E-state index contributed by atoms with van der Waals surface area (Å²) >= 11 is 0. The van der Waals surface area contributed by atoms with Gasteiger partial charge >= 0.3 is 0 Å². The van der Waals surface area contributed by atoms with E-state index in [-0.39, 0.29) is 6.04 Å². The van der Waals surface area contributed by atoms with Crippen molar-refractivity contribution >= 4 is 0 Å². The van der Waals surface area contributed by atoms with Crippen molar-refractivity contribution in [2.75, 3.05) is 0 Å². The van der Waals surface area contributed by atoms with Gasteiger partial charge in [0.2, 0.25) is 0 Å². The van der Waals surface area contributed by atoms with Gasteiger partial charge in [0.1, 0.15) is 5.76 Å². The van der Waals surface area contributed by atoms with Crippen LogP contribution in [0, 0.1) is 0 Å². The highest BCUT2D eigenvalue weighted by atomic mass is 16.3. The highest BCUT2D eigenvalue weighted by Crippen LogP contribution is 2.17. The first-order valence-electron chi connectivity index (χ1n) is 6.12. The molecule has 3 aromatic rings. The Labute approximate surface area is 111 Å². The molecule has 0 radical (unpaired) electrons. The van der Waals surface area contributed by atoms with E-state index in [1.54, 1.807) is 12.4 Å². The first-order valence-corrected chi connectivity index (χ1v) is 6.12. The predicted octanol–water partition coefficient (Wildman–Crippen LogP) is 2.47. The molecule has 0 spiro atoms. The number of imidazole rings is 1. The van der Waals surface area contributed by atoms with Gasteiger partial charge in [-0.15, -0.1) is 0 Å². The summed E-state index contributed by atoms with van der Waals surface area (Å²) in [7, 11) is 0. The topological polar surface area (TPSA) is 56.7 Å². The maximum atomic E-state index is 5.21. The Morgan fingerprint density at radius 1 is 1.26 bits per heavy atom. The molecule has 3 rings (SSSR count). The van der Waals surface area contributed by atoms with Gasteiger partial charge in [0, 0.05) is 30.7 Å². The van der Waals surface area contributed by atoms with E-state index in [2.05, 4.69) is 27.9 Å². The van der Waals surface area contributed by atoms with Crippen LogP contribution in [0.5, 0.6) is 0 Å². The minimum Gasteiger partial charge on any atom is -0.448 e. The van der Waals surface area contributed by atoms with E-state index in [0.717, 1.165) is 17.0 Å². The lowest BCUT2D eigenvalue weighted by atomic mass is 10.1. The molecular formula is C14H14N4O. The predicted molar refractivity (Wildman–Crippen MR) is 69.6 cm³/mol. The highest BCUT2D eigenvalue weighted by molar-refractivity contribution is 5.20. The average Bonchev–Trinajstić information content (AvgIpc) is 3.12. The molecule has 0 saturated carbocycles. The molecule has 0 amide bonds. The normalized spacial score (nSPS) is 12.5. The number of rotatable bonds is 4. The molecule has 19 heavy (non-hydrogen) atoms. The molecule has 0 saturated heterocycles. The minimum absolute atomic E-state index is 0.231. The van der Waals surface area contributed by atoms with Gasteiger partial charge in [-0.05, 0) is 18.6 Å². The van der Waals surface area contributed by atoms with Crippen LogP contribution in [0.3, 0.4) is 0 Å². The van der Waals surface area contributed by atoms with Gasteiger partial charge in [0.15, 0.2) is 6.39 Å². The van der Waals surface area contributed by atoms with E-state index < -0.39 is 0 Å². The van der Waals surface area contributed by atoms with Gasteiger partial charge in [-0.25, -0.2) is 9.97 Å². The van der Waals surface area contributed by atoms with Gasteiger partial charge in [-0.1, -0.05) is 6.07 Å². The third kappa shape index (κ3) is 2.54. The highest BCUT2D eigenvalue weighted by Gasteiger charge is 2.08. The summed E-state index contributed by atoms with van der Waals surface area (Å²) in [6.45, 7) is 2.12. The molecule has 5 heteroatoms. The molecule has 0 aliphatic rings. The molecule has 1 unspecified atom stereocenters. The number of aromatic nitrogens is 4. The molecule has 0 bridgehead atoms. The molecule has 0 fully saturated rings. The number of pyridine rings is 1. The molecule has 0 aromatic carbocycles. The second-order valence-corrected chi connectivity index (χ2v) is 4.41. The number of hydrogen-bond donors (Lipinski definition) is 0. The molecule has 1 atom stereocenters. The van der Waals surface area contributed by atoms with Crippen molar-refractivity contribution in [1.82, 2.24) is 19.5 Å². The Kier molecular flexibility index (Phi) is 3.10. The summed E-state index contributed by atoms with van der Waals surface area (Å²) in [5.41, 5.74) is 2.12. The summed E-state index contributed by atoms with van der Waals surface area (Å²) in [5.74, 6) is 0.822. The first kappa shape index (κ1) is 11.6. The molecule has 96 valence electrons. The Morgan fingerprint density at radius 2 is 2.21 bits per heavy atom. The maximum absolute atomic E-state index is 5.21. The van der Waals surface area contributed by atoms with Crippen LogP contribution in [0.25, 0.3) is 0 Å². The van der Waals surface area contributed by atoms with Crippen LogP contribution in [0.4, 0.5) is 0 Å². The largest absolute Gasteiger partial charge is 0.448 e. The fourth-order valence-corrected chi connectivity index (χ4v) is 1.97. The zero-order chi connectivity index (χ0) is 13.1. The first-order chi connectivity index (χ1) is 9.33. The SMILES string of the molecule is CC(c1ccc(Cc2cnco2)nc1)n1ccnc1. The molecule has 0 aliphatic carbocycles. The van der Waals surface area contributed by atoms with Crippen molar-refractivity contribution in [1.29, 1.82) is 0 Å². The van der Waals surface area contributed by atoms with E-state index in [4.69, 9.17) is 4.42 Å². The van der Waals surface area contributed by atoms with Crippen LogP contribution in [-0.2, 0) is 6.42 Å². The van der Waals surface area contributed by atoms with E-state index in [9.17, 15) is 0 Å². The van der Waals surface area contributed by atoms with Crippen molar-refractivity contribution in [3.05, 3.63) is 66.7 Å². The van der Waals surface area contributed by atoms with Crippen molar-refractivity contribution in [2.45, 2.75) is 19.4 Å². The van der Waals surface area contributed by atoms with E-state index in [0.29, 0.717) is 6.42 Å². The van der Waals surface area contributed by atoms with Crippen LogP contribution in [-0.4, -0.2) is 19.5 Å². The van der Waals surface area contributed by atoms with Crippen molar-refractivity contribution in [3.63, 3.8) is 0 Å². The van der Waals surface area contributed by atoms with Crippen molar-refractivity contribution in [2.24, 2.45) is 0 Å². The number of nitrogens with zero attached hydrogens (tertiary/aromatic N) is 4. The average molecular weight is 254 g/mol. The van der Waals surface area contributed by atoms with Crippen LogP contribution < -0.4 is 0 Å². The fraction of sp³-hybridized carbons (Fsp3) is 0.214. The van der Waals surface area contributed by atoms with E-state index >= 15 is 0 Å². The summed E-state index contributed by atoms with van der Waals surface area (Å²) in [4.78, 5) is 12.4. The fourth-order valence-electron chi connectivity index (χ4n) is 1.97. The van der Waals surface area contributed by atoms with Gasteiger partial charge in [-0.3, -0.25) is 4.98 Å². The lowest BCUT2D eigenvalue weighted by Gasteiger charge is -2.13. The smallest absolute Gasteiger partial charge is 0.180 e. The molecule has 0 N–H and O–H groups in total. The second kappa shape index (κ2) is 5.06. The van der Waals surface area contributed by atoms with Crippen LogP contribution in [0.1, 0.15) is 30.0 Å². The summed E-state index contributed by atoms with van der Waals surface area (Å²) in [6, 6.07) is 4.34. The minimum atomic E-state index is 0.231. The van der Waals surface area contributed by atoms with E-state index in [1.807, 2.05) is 29.4 Å². The van der Waals surface area contributed by atoms with Crippen LogP contribution in [0.2, 0.25) is 0 Å². The van der Waals surface area contributed by atoms with Gasteiger partial charge < -0.3 is 8.98 Å². The molecule has 0 aliphatic heterocycles. The third-order valence-corrected chi connectivity index (χ3v) is 3.14. The summed E-state index contributed by atoms with van der Waals surface area (Å²) < 4.78 is 7.26. The summed E-state index contributed by atoms with van der Waals surface area (Å²) in [6.07, 6.45) is 11.3. The van der Waals surface area contributed by atoms with Gasteiger partial charge in [0.05, 0.1) is 18.6 Å². The molecule has 5 nitrogen and oxygen atoms in total. The Morgan fingerprint density at radius 3 is 2.84 bits per heavy atom. The molecule has 3 aromatic heterocycles. The van der Waals surface area contributed by atoms with Crippen LogP contribution in [0.15, 0.2) is 54.1 Å². The van der Waals surface area contributed by atoms with E-state index in [1.165, 1.54) is 6.39 Å². The van der Waals surface area contributed by atoms with Crippen molar-refractivity contribution in [3.8, 4) is 0 Å². The Hall–Kier alpha value is -2.43. The van der Waals surface area contributed by atoms with Gasteiger partial charge in [-0.2, -0.15) is 0 Å². The second-order valence-electron chi connectivity index (χ2n) is 4.41. The lowest BCUT2D eigenvalue weighted by molar-refractivity contribution is 0.512. The quantitative estimate of drug-likeness (QED) is 0.717. The number of oxazole rings is 1. The maximum Gasteiger partial charge on any atom is 0.180 e. The molecular weight excluding hydrogens is 240 g/mol. The standard InChI is InChI=1S/C14H14N4O/c1-11(18-5-4-15-9-18)12-2-3-13(17-7-12)6-14-8-16-10-19-14/h2-5,7-11H,6H2,1H3. The Balaban J connectivity index is 1.75. The monoisotopic (exact) mass is 254 g/mol. The zero-order valence-corrected chi connectivity index (χ0v) is 10.6. The van der Waals surface area contributed by atoms with Crippen LogP contribution >= 0.6 is 0 Å². The number of hydrogen-bond acceptors (Lipinski definition) is 4. The Bertz CT molecular complexity index is 614. The van der Waals surface area contributed by atoms with Crippen molar-refractivity contribution < 1.29 is 4.42 Å². The molecule has 3 heterocycles. The lowest BCUT2D eigenvalue weighted by Crippen LogP contribution is -2.05.